The Morgan fingerprint density at radius 1 is 1.03 bits per heavy atom. The Bertz CT molecular complexity index is 1200. The van der Waals surface area contributed by atoms with E-state index in [0.717, 1.165) is 17.8 Å². The third-order valence-corrected chi connectivity index (χ3v) is 5.58. The molecule has 34 heavy (non-hydrogen) atoms. The molecule has 6 nitrogen and oxygen atoms in total. The number of anilines is 1. The van der Waals surface area contributed by atoms with Gasteiger partial charge in [-0.05, 0) is 36.4 Å². The number of halogens is 3. The van der Waals surface area contributed by atoms with Gasteiger partial charge in [0.25, 0.3) is 5.91 Å². The lowest BCUT2D eigenvalue weighted by Crippen LogP contribution is -2.49. The lowest BCUT2D eigenvalue weighted by Gasteiger charge is -2.35. The summed E-state index contributed by atoms with van der Waals surface area (Å²) in [5.74, 6) is 0.822. The molecule has 1 saturated heterocycles. The first-order chi connectivity index (χ1) is 16.3. The van der Waals surface area contributed by atoms with Crippen LogP contribution in [0.1, 0.15) is 27.0 Å². The second-order valence-electron chi connectivity index (χ2n) is 7.77. The van der Waals surface area contributed by atoms with Crippen molar-refractivity contribution in [2.45, 2.75) is 12.8 Å². The summed E-state index contributed by atoms with van der Waals surface area (Å²) in [7, 11) is 0. The number of hydrogen-bond donors (Lipinski definition) is 0. The van der Waals surface area contributed by atoms with Gasteiger partial charge in [-0.25, -0.2) is 4.98 Å². The maximum atomic E-state index is 13.0. The smallest absolute Gasteiger partial charge is 0.417 e. The first-order valence-electron chi connectivity index (χ1n) is 10.6. The fourth-order valence-electron chi connectivity index (χ4n) is 3.70. The molecule has 2 heterocycles. The highest BCUT2D eigenvalue weighted by Gasteiger charge is 2.31. The number of carbonyl (C=O) groups excluding carboxylic acids is 1. The van der Waals surface area contributed by atoms with Crippen LogP contribution in [0.25, 0.3) is 0 Å². The molecule has 1 aromatic heterocycles. The molecular formula is C25H21F3N4O2. The molecule has 0 unspecified atom stereocenters. The van der Waals surface area contributed by atoms with Gasteiger partial charge in [0.1, 0.15) is 18.2 Å². The molecule has 1 amide bonds. The number of nitrogens with zero attached hydrogens (tertiary/aromatic N) is 4. The summed E-state index contributed by atoms with van der Waals surface area (Å²) in [6.07, 6.45) is -3.60. The van der Waals surface area contributed by atoms with Crippen molar-refractivity contribution in [3.05, 3.63) is 89.1 Å². The van der Waals surface area contributed by atoms with Crippen molar-refractivity contribution in [2.75, 3.05) is 31.1 Å². The van der Waals surface area contributed by atoms with Crippen LogP contribution in [0.5, 0.6) is 5.75 Å². The Hall–Kier alpha value is -4.06. The van der Waals surface area contributed by atoms with E-state index in [2.05, 4.69) is 11.1 Å². The third kappa shape index (κ3) is 5.29. The fraction of sp³-hybridized carbons (Fsp3) is 0.240. The Kier molecular flexibility index (Phi) is 6.68. The second-order valence-corrected chi connectivity index (χ2v) is 7.77. The minimum atomic E-state index is -4.42. The van der Waals surface area contributed by atoms with Crippen molar-refractivity contribution in [2.24, 2.45) is 0 Å². The minimum Gasteiger partial charge on any atom is -0.489 e. The van der Waals surface area contributed by atoms with E-state index in [0.29, 0.717) is 48.9 Å². The summed E-state index contributed by atoms with van der Waals surface area (Å²) in [5, 5.41) is 9.20. The molecule has 0 saturated carbocycles. The second kappa shape index (κ2) is 9.83. The molecule has 174 valence electrons. The van der Waals surface area contributed by atoms with Crippen molar-refractivity contribution in [3.63, 3.8) is 0 Å². The Morgan fingerprint density at radius 3 is 2.47 bits per heavy atom. The van der Waals surface area contributed by atoms with Crippen molar-refractivity contribution in [1.82, 2.24) is 9.88 Å². The molecule has 1 fully saturated rings. The fourth-order valence-corrected chi connectivity index (χ4v) is 3.70. The first-order valence-corrected chi connectivity index (χ1v) is 10.6. The van der Waals surface area contributed by atoms with Gasteiger partial charge in [-0.15, -0.1) is 0 Å². The molecule has 2 aromatic carbocycles. The summed E-state index contributed by atoms with van der Waals surface area (Å²) in [5.41, 5.74) is 0.986. The van der Waals surface area contributed by atoms with E-state index in [1.807, 2.05) is 17.0 Å². The topological polar surface area (TPSA) is 69.5 Å². The number of benzene rings is 2. The van der Waals surface area contributed by atoms with Gasteiger partial charge < -0.3 is 14.5 Å². The van der Waals surface area contributed by atoms with E-state index in [9.17, 15) is 23.2 Å². The number of amides is 1. The van der Waals surface area contributed by atoms with Gasteiger partial charge in [-0.3, -0.25) is 4.79 Å². The van der Waals surface area contributed by atoms with Gasteiger partial charge in [0, 0.05) is 43.5 Å². The van der Waals surface area contributed by atoms with Crippen LogP contribution in [-0.2, 0) is 12.8 Å². The highest BCUT2D eigenvalue weighted by atomic mass is 19.4. The molecule has 0 atom stereocenters. The van der Waals surface area contributed by atoms with Gasteiger partial charge in [0.05, 0.1) is 17.2 Å². The number of piperazine rings is 1. The number of carbonyl (C=O) groups is 1. The van der Waals surface area contributed by atoms with Crippen LogP contribution in [0.15, 0.2) is 66.9 Å². The zero-order chi connectivity index (χ0) is 24.1. The van der Waals surface area contributed by atoms with Crippen LogP contribution < -0.4 is 9.64 Å². The van der Waals surface area contributed by atoms with Gasteiger partial charge in [0.2, 0.25) is 0 Å². The number of ether oxygens (including phenoxy) is 1. The molecule has 0 N–H and O–H groups in total. The largest absolute Gasteiger partial charge is 0.489 e. The van der Waals surface area contributed by atoms with E-state index in [4.69, 9.17) is 4.74 Å². The maximum Gasteiger partial charge on any atom is 0.417 e. The Labute approximate surface area is 194 Å². The number of alkyl halides is 3. The lowest BCUT2D eigenvalue weighted by atomic mass is 10.1. The highest BCUT2D eigenvalue weighted by molar-refractivity contribution is 5.94. The average Bonchev–Trinajstić information content (AvgIpc) is 2.87. The van der Waals surface area contributed by atoms with E-state index < -0.39 is 11.7 Å². The zero-order valence-corrected chi connectivity index (χ0v) is 18.1. The van der Waals surface area contributed by atoms with Crippen LogP contribution in [-0.4, -0.2) is 42.0 Å². The van der Waals surface area contributed by atoms with Crippen LogP contribution in [0, 0.1) is 11.3 Å². The first kappa shape index (κ1) is 23.1. The summed E-state index contributed by atoms with van der Waals surface area (Å²) < 4.78 is 44.0. The predicted molar refractivity (Wildman–Crippen MR) is 119 cm³/mol. The van der Waals surface area contributed by atoms with Crippen molar-refractivity contribution < 1.29 is 22.7 Å². The van der Waals surface area contributed by atoms with Gasteiger partial charge in [-0.1, -0.05) is 24.3 Å². The van der Waals surface area contributed by atoms with Crippen molar-refractivity contribution >= 4 is 11.7 Å². The molecular weight excluding hydrogens is 445 g/mol. The van der Waals surface area contributed by atoms with E-state index >= 15 is 0 Å². The maximum absolute atomic E-state index is 13.0. The number of pyridine rings is 1. The molecule has 0 bridgehead atoms. The van der Waals surface area contributed by atoms with Gasteiger partial charge in [-0.2, -0.15) is 18.4 Å². The Balaban J connectivity index is 1.35. The van der Waals surface area contributed by atoms with Gasteiger partial charge in [0.15, 0.2) is 0 Å². The summed E-state index contributed by atoms with van der Waals surface area (Å²) >= 11 is 0. The van der Waals surface area contributed by atoms with Crippen LogP contribution in [0.2, 0.25) is 0 Å². The van der Waals surface area contributed by atoms with E-state index in [1.165, 1.54) is 6.07 Å². The molecule has 0 spiro atoms. The van der Waals surface area contributed by atoms with Crippen LogP contribution in [0.3, 0.4) is 0 Å². The molecule has 0 aliphatic carbocycles. The standard InChI is InChI=1S/C25H21F3N4O2/c26-25(27,28)21-8-9-23(30-16-21)31-10-12-32(13-11-31)24(33)18-6-3-7-22(14-18)34-17-20-5-2-1-4-19(20)15-29/h1-9,14,16H,10-13,17H2. The number of rotatable bonds is 5. The predicted octanol–water partition coefficient (Wildman–Crippen LogP) is 4.51. The number of aromatic nitrogens is 1. The molecule has 9 heteroatoms. The number of hydrogen-bond acceptors (Lipinski definition) is 5. The summed E-state index contributed by atoms with van der Waals surface area (Å²) in [6, 6.07) is 18.5. The highest BCUT2D eigenvalue weighted by Crippen LogP contribution is 2.29. The Morgan fingerprint density at radius 2 is 1.79 bits per heavy atom. The van der Waals surface area contributed by atoms with E-state index in [-0.39, 0.29) is 12.5 Å². The molecule has 3 aromatic rings. The quantitative estimate of drug-likeness (QED) is 0.553. The number of nitriles is 1. The molecule has 4 rings (SSSR count). The van der Waals surface area contributed by atoms with Crippen LogP contribution >= 0.6 is 0 Å². The SMILES string of the molecule is N#Cc1ccccc1COc1cccc(C(=O)N2CCN(c3ccc(C(F)(F)F)cn3)CC2)c1. The lowest BCUT2D eigenvalue weighted by molar-refractivity contribution is -0.137. The molecule has 1 aliphatic heterocycles. The monoisotopic (exact) mass is 466 g/mol. The molecule has 1 aliphatic rings. The summed E-state index contributed by atoms with van der Waals surface area (Å²) in [6.45, 7) is 1.97. The summed E-state index contributed by atoms with van der Waals surface area (Å²) in [4.78, 5) is 20.5. The normalized spacial score (nSPS) is 13.9. The van der Waals surface area contributed by atoms with Gasteiger partial charge >= 0.3 is 6.18 Å². The average molecular weight is 466 g/mol. The third-order valence-electron chi connectivity index (χ3n) is 5.58. The van der Waals surface area contributed by atoms with Crippen molar-refractivity contribution in [1.29, 1.82) is 5.26 Å². The van der Waals surface area contributed by atoms with Crippen LogP contribution in [0.4, 0.5) is 19.0 Å². The zero-order valence-electron chi connectivity index (χ0n) is 18.1. The molecule has 0 radical (unpaired) electrons. The minimum absolute atomic E-state index is 0.150. The van der Waals surface area contributed by atoms with E-state index in [1.54, 1.807) is 41.3 Å². The van der Waals surface area contributed by atoms with Crippen molar-refractivity contribution in [3.8, 4) is 11.8 Å².